The van der Waals surface area contributed by atoms with Gasteiger partial charge >= 0.3 is 0 Å². The van der Waals surface area contributed by atoms with Gasteiger partial charge in [0.1, 0.15) is 11.4 Å². The fourth-order valence-corrected chi connectivity index (χ4v) is 3.52. The van der Waals surface area contributed by atoms with Crippen molar-refractivity contribution in [2.24, 2.45) is 14.1 Å². The van der Waals surface area contributed by atoms with Gasteiger partial charge in [-0.1, -0.05) is 18.2 Å². The molecular weight excluding hydrogens is 394 g/mol. The zero-order valence-electron chi connectivity index (χ0n) is 17.4. The lowest BCUT2D eigenvalue weighted by Gasteiger charge is -2.36. The van der Waals surface area contributed by atoms with Gasteiger partial charge in [0.2, 0.25) is 0 Å². The normalized spacial score (nSPS) is 14.9. The van der Waals surface area contributed by atoms with Crippen LogP contribution in [0, 0.1) is 0 Å². The van der Waals surface area contributed by atoms with E-state index < -0.39 is 5.60 Å². The average Bonchev–Trinajstić information content (AvgIpc) is 3.39. The molecule has 4 aromatic rings. The van der Waals surface area contributed by atoms with E-state index in [-0.39, 0.29) is 0 Å². The number of nitrogens with zero attached hydrogens (tertiary/aromatic N) is 6. The molecule has 9 nitrogen and oxygen atoms in total. The fourth-order valence-electron chi connectivity index (χ4n) is 3.52. The maximum absolute atomic E-state index is 10.4. The van der Waals surface area contributed by atoms with Gasteiger partial charge < -0.3 is 15.2 Å². The minimum atomic E-state index is -0.877. The molecule has 1 aromatic carbocycles. The second-order valence-electron chi connectivity index (χ2n) is 7.91. The van der Waals surface area contributed by atoms with E-state index in [4.69, 9.17) is 9.72 Å². The lowest BCUT2D eigenvalue weighted by atomic mass is 10.0. The molecule has 0 atom stereocenters. The largest absolute Gasteiger partial charge is 0.383 e. The first-order valence-electron chi connectivity index (χ1n) is 9.99. The summed E-state index contributed by atoms with van der Waals surface area (Å²) in [6.45, 7) is 0.965. The van der Waals surface area contributed by atoms with Gasteiger partial charge in [0.25, 0.3) is 0 Å². The Bertz CT molecular complexity index is 1230. The highest BCUT2D eigenvalue weighted by molar-refractivity contribution is 5.76. The number of benzene rings is 1. The van der Waals surface area contributed by atoms with Crippen LogP contribution in [-0.4, -0.2) is 60.0 Å². The number of ether oxygens (including phenoxy) is 1. The molecule has 9 heteroatoms. The molecule has 1 saturated heterocycles. The lowest BCUT2D eigenvalue weighted by molar-refractivity contribution is -0.168. The number of aromatic nitrogens is 6. The van der Waals surface area contributed by atoms with E-state index in [9.17, 15) is 5.11 Å². The monoisotopic (exact) mass is 417 g/mol. The summed E-state index contributed by atoms with van der Waals surface area (Å²) in [5.41, 5.74) is 3.81. The molecule has 158 valence electrons. The van der Waals surface area contributed by atoms with E-state index in [2.05, 4.69) is 20.5 Å². The highest BCUT2D eigenvalue weighted by atomic mass is 16.5. The molecule has 0 saturated carbocycles. The predicted octanol–water partition coefficient (Wildman–Crippen LogP) is 2.12. The van der Waals surface area contributed by atoms with Crippen LogP contribution in [0.4, 0.5) is 5.82 Å². The predicted molar refractivity (Wildman–Crippen MR) is 116 cm³/mol. The summed E-state index contributed by atoms with van der Waals surface area (Å²) in [7, 11) is 3.76. The Hall–Kier alpha value is -3.56. The minimum Gasteiger partial charge on any atom is -0.383 e. The van der Waals surface area contributed by atoms with Crippen molar-refractivity contribution in [1.29, 1.82) is 0 Å². The van der Waals surface area contributed by atoms with Gasteiger partial charge in [-0.2, -0.15) is 10.2 Å². The third-order valence-corrected chi connectivity index (χ3v) is 5.29. The van der Waals surface area contributed by atoms with Crippen molar-refractivity contribution in [3.05, 3.63) is 55.2 Å². The smallest absolute Gasteiger partial charge is 0.161 e. The lowest BCUT2D eigenvalue weighted by Crippen LogP contribution is -2.54. The van der Waals surface area contributed by atoms with Crippen molar-refractivity contribution in [3.8, 4) is 33.6 Å². The van der Waals surface area contributed by atoms with E-state index in [1.807, 2.05) is 57.0 Å². The molecule has 31 heavy (non-hydrogen) atoms. The molecule has 1 aliphatic heterocycles. The van der Waals surface area contributed by atoms with Crippen molar-refractivity contribution < 1.29 is 9.84 Å². The summed E-state index contributed by atoms with van der Waals surface area (Å²) < 4.78 is 8.66. The second-order valence-corrected chi connectivity index (χ2v) is 7.91. The number of anilines is 1. The van der Waals surface area contributed by atoms with Gasteiger partial charge in [0.05, 0.1) is 25.6 Å². The van der Waals surface area contributed by atoms with Gasteiger partial charge in [-0.3, -0.25) is 9.36 Å². The maximum atomic E-state index is 10.4. The van der Waals surface area contributed by atoms with Crippen LogP contribution in [0.3, 0.4) is 0 Å². The molecule has 2 N–H and O–H groups in total. The number of nitrogens with one attached hydrogen (secondary N) is 1. The van der Waals surface area contributed by atoms with Crippen LogP contribution in [0.25, 0.3) is 33.6 Å². The number of rotatable bonds is 6. The fraction of sp³-hybridized carbons (Fsp3) is 0.273. The highest BCUT2D eigenvalue weighted by Crippen LogP contribution is 2.30. The van der Waals surface area contributed by atoms with Gasteiger partial charge in [0, 0.05) is 61.5 Å². The van der Waals surface area contributed by atoms with E-state index in [0.717, 1.165) is 27.8 Å². The van der Waals surface area contributed by atoms with Crippen LogP contribution in [-0.2, 0) is 18.8 Å². The Balaban J connectivity index is 1.51. The van der Waals surface area contributed by atoms with Crippen molar-refractivity contribution in [2.45, 2.75) is 5.60 Å². The van der Waals surface area contributed by atoms with Crippen LogP contribution in [0.1, 0.15) is 0 Å². The van der Waals surface area contributed by atoms with Crippen molar-refractivity contribution in [1.82, 2.24) is 29.5 Å². The molecule has 0 bridgehead atoms. The first kappa shape index (κ1) is 19.4. The molecule has 0 aliphatic carbocycles. The molecule has 0 unspecified atom stereocenters. The first-order valence-corrected chi connectivity index (χ1v) is 9.99. The quantitative estimate of drug-likeness (QED) is 0.495. The zero-order valence-corrected chi connectivity index (χ0v) is 17.4. The van der Waals surface area contributed by atoms with Gasteiger partial charge in [0.15, 0.2) is 5.82 Å². The molecule has 5 rings (SSSR count). The highest BCUT2D eigenvalue weighted by Gasteiger charge is 2.36. The Kier molecular flexibility index (Phi) is 4.76. The van der Waals surface area contributed by atoms with Gasteiger partial charge in [-0.25, -0.2) is 9.97 Å². The molecular formula is C22H23N7O2. The second kappa shape index (κ2) is 7.60. The van der Waals surface area contributed by atoms with Crippen molar-refractivity contribution in [2.75, 3.05) is 25.1 Å². The van der Waals surface area contributed by atoms with E-state index in [1.54, 1.807) is 21.8 Å². The zero-order chi connectivity index (χ0) is 21.4. The molecule has 1 fully saturated rings. The first-order chi connectivity index (χ1) is 15.0. The summed E-state index contributed by atoms with van der Waals surface area (Å²) in [5.74, 6) is 1.24. The molecule has 0 amide bonds. The average molecular weight is 417 g/mol. The Morgan fingerprint density at radius 1 is 1.00 bits per heavy atom. The third kappa shape index (κ3) is 3.92. The third-order valence-electron chi connectivity index (χ3n) is 5.29. The Morgan fingerprint density at radius 3 is 2.35 bits per heavy atom. The Morgan fingerprint density at radius 2 is 1.71 bits per heavy atom. The van der Waals surface area contributed by atoms with Crippen LogP contribution in [0.5, 0.6) is 0 Å². The van der Waals surface area contributed by atoms with E-state index in [1.165, 1.54) is 0 Å². The van der Waals surface area contributed by atoms with E-state index in [0.29, 0.717) is 31.4 Å². The topological polar surface area (TPSA) is 103 Å². The molecule has 0 radical (unpaired) electrons. The summed E-state index contributed by atoms with van der Waals surface area (Å²) >= 11 is 0. The molecule has 0 spiro atoms. The number of hydrogen-bond donors (Lipinski definition) is 2. The van der Waals surface area contributed by atoms with Crippen LogP contribution >= 0.6 is 0 Å². The van der Waals surface area contributed by atoms with Gasteiger partial charge in [-0.15, -0.1) is 0 Å². The number of aryl methyl sites for hydroxylation is 2. The molecule has 3 aromatic heterocycles. The van der Waals surface area contributed by atoms with Gasteiger partial charge in [-0.05, 0) is 11.6 Å². The Labute approximate surface area is 179 Å². The maximum Gasteiger partial charge on any atom is 0.161 e. The van der Waals surface area contributed by atoms with Crippen LogP contribution in [0.2, 0.25) is 0 Å². The summed E-state index contributed by atoms with van der Waals surface area (Å²) in [6, 6.07) is 8.05. The standard InChI is InChI=1S/C22H23N7O2/c1-28-10-17(7-25-28)15-4-3-5-16(6-15)20-23-9-19(18-8-26-29(2)11-18)21(27-20)24-12-22(30)13-31-14-22/h3-11,30H,12-14H2,1-2H3,(H,23,24,27). The SMILES string of the molecule is Cn1cc(-c2cccc(-c3ncc(-c4cnn(C)c4)c(NCC4(O)COC4)n3)c2)cn1. The van der Waals surface area contributed by atoms with Crippen molar-refractivity contribution >= 4 is 5.82 Å². The van der Waals surface area contributed by atoms with Crippen molar-refractivity contribution in [3.63, 3.8) is 0 Å². The molecule has 1 aliphatic rings. The summed E-state index contributed by atoms with van der Waals surface area (Å²) in [6.07, 6.45) is 9.28. The minimum absolute atomic E-state index is 0.313. The van der Waals surface area contributed by atoms with Crippen LogP contribution in [0.15, 0.2) is 55.2 Å². The summed E-state index contributed by atoms with van der Waals surface area (Å²) in [5, 5.41) is 22.2. The molecule has 4 heterocycles. The summed E-state index contributed by atoms with van der Waals surface area (Å²) in [4.78, 5) is 9.42. The number of aliphatic hydroxyl groups is 1. The number of hydrogen-bond acceptors (Lipinski definition) is 7. The van der Waals surface area contributed by atoms with E-state index >= 15 is 0 Å². The van der Waals surface area contributed by atoms with Crippen LogP contribution < -0.4 is 5.32 Å².